The van der Waals surface area contributed by atoms with Gasteiger partial charge in [-0.25, -0.2) is 0 Å². The first-order valence-corrected chi connectivity index (χ1v) is 11.5. The van der Waals surface area contributed by atoms with Crippen molar-refractivity contribution in [2.24, 2.45) is 17.8 Å². The molecule has 2 aromatic carbocycles. The van der Waals surface area contributed by atoms with E-state index in [1.54, 1.807) is 0 Å². The lowest BCUT2D eigenvalue weighted by atomic mass is 9.68. The highest BCUT2D eigenvalue weighted by atomic mass is 16.2. The average Bonchev–Trinajstić information content (AvgIpc) is 3.42. The molecule has 2 aromatic rings. The number of likely N-dealkylation sites (tertiary alicyclic amines) is 1. The van der Waals surface area contributed by atoms with Gasteiger partial charge in [0, 0.05) is 24.3 Å². The molecule has 4 aliphatic rings. The highest BCUT2D eigenvalue weighted by Crippen LogP contribution is 2.63. The number of amides is 1. The minimum Gasteiger partial charge on any atom is -0.378 e. The molecule has 5 atom stereocenters. The number of piperidine rings is 1. The molecule has 3 nitrogen and oxygen atoms in total. The molecule has 150 valence electrons. The molecule has 1 amide bonds. The van der Waals surface area contributed by atoms with Crippen LogP contribution >= 0.6 is 0 Å². The van der Waals surface area contributed by atoms with E-state index in [1.165, 1.54) is 42.5 Å². The van der Waals surface area contributed by atoms with Crippen LogP contribution in [-0.2, 0) is 0 Å². The summed E-state index contributed by atoms with van der Waals surface area (Å²) in [7, 11) is 0. The largest absolute Gasteiger partial charge is 0.378 e. The summed E-state index contributed by atoms with van der Waals surface area (Å²) in [5.41, 5.74) is 4.97. The Morgan fingerprint density at radius 2 is 1.72 bits per heavy atom. The van der Waals surface area contributed by atoms with Crippen LogP contribution in [0.5, 0.6) is 0 Å². The Balaban J connectivity index is 1.38. The molecule has 2 aliphatic carbocycles. The van der Waals surface area contributed by atoms with Crippen LogP contribution in [0.4, 0.5) is 5.69 Å². The summed E-state index contributed by atoms with van der Waals surface area (Å²) < 4.78 is 0. The maximum atomic E-state index is 13.1. The Labute approximate surface area is 173 Å². The van der Waals surface area contributed by atoms with Crippen molar-refractivity contribution in [3.8, 4) is 0 Å². The molecule has 2 heterocycles. The van der Waals surface area contributed by atoms with Crippen LogP contribution in [0.15, 0.2) is 48.5 Å². The maximum absolute atomic E-state index is 13.1. The molecule has 2 aliphatic heterocycles. The third-order valence-electron chi connectivity index (χ3n) is 8.14. The Hall–Kier alpha value is -2.29. The predicted octanol–water partition coefficient (Wildman–Crippen LogP) is 5.61. The topological polar surface area (TPSA) is 32.3 Å². The summed E-state index contributed by atoms with van der Waals surface area (Å²) in [6, 6.07) is 17.9. The first-order valence-electron chi connectivity index (χ1n) is 11.5. The highest BCUT2D eigenvalue weighted by Gasteiger charge is 2.53. The number of carbonyl (C=O) groups excluding carboxylic acids is 1. The van der Waals surface area contributed by atoms with Crippen LogP contribution in [0.1, 0.15) is 72.0 Å². The number of benzene rings is 2. The van der Waals surface area contributed by atoms with E-state index in [-0.39, 0.29) is 5.91 Å². The molecule has 1 saturated heterocycles. The molecule has 2 bridgehead atoms. The molecule has 0 spiro atoms. The SMILES string of the molecule is O=C(c1ccc2c(c1)[C@H]1[C@H]3CC[C@@H](C3)[C@@H]1[C@H](c1ccccc1)N2)N1CCCCC1. The summed E-state index contributed by atoms with van der Waals surface area (Å²) >= 11 is 0. The third kappa shape index (κ3) is 2.81. The number of anilines is 1. The smallest absolute Gasteiger partial charge is 0.253 e. The molecule has 3 fully saturated rings. The minimum absolute atomic E-state index is 0.234. The standard InChI is InChI=1S/C26H30N2O/c29-26(28-13-5-2-6-14-28)20-11-12-22-21(16-20)23-18-9-10-19(15-18)24(23)25(27-22)17-7-3-1-4-8-17/h1,3-4,7-8,11-12,16,18-19,23-25,27H,2,5-6,9-10,13-15H2/t18-,19-,23+,24-,25-/m0/s1. The zero-order valence-electron chi connectivity index (χ0n) is 17.0. The Kier molecular flexibility index (Phi) is 4.18. The monoisotopic (exact) mass is 386 g/mol. The first kappa shape index (κ1) is 17.6. The van der Waals surface area contributed by atoms with Gasteiger partial charge in [-0.15, -0.1) is 0 Å². The van der Waals surface area contributed by atoms with Gasteiger partial charge in [-0.05, 0) is 91.5 Å². The molecule has 2 saturated carbocycles. The predicted molar refractivity (Wildman–Crippen MR) is 116 cm³/mol. The number of hydrogen-bond donors (Lipinski definition) is 1. The van der Waals surface area contributed by atoms with E-state index in [4.69, 9.17) is 0 Å². The number of nitrogens with zero attached hydrogens (tertiary/aromatic N) is 1. The van der Waals surface area contributed by atoms with Crippen LogP contribution in [0.25, 0.3) is 0 Å². The summed E-state index contributed by atoms with van der Waals surface area (Å²) in [4.78, 5) is 15.2. The van der Waals surface area contributed by atoms with Crippen molar-refractivity contribution < 1.29 is 4.79 Å². The van der Waals surface area contributed by atoms with Crippen molar-refractivity contribution in [2.45, 2.75) is 50.5 Å². The van der Waals surface area contributed by atoms with E-state index in [9.17, 15) is 4.79 Å². The molecule has 1 N–H and O–H groups in total. The van der Waals surface area contributed by atoms with Gasteiger partial charge in [0.1, 0.15) is 0 Å². The van der Waals surface area contributed by atoms with E-state index in [2.05, 4.69) is 58.7 Å². The second-order valence-corrected chi connectivity index (χ2v) is 9.62. The normalized spacial score (nSPS) is 32.4. The molecule has 3 heteroatoms. The van der Waals surface area contributed by atoms with E-state index >= 15 is 0 Å². The fraction of sp³-hybridized carbons (Fsp3) is 0.500. The van der Waals surface area contributed by atoms with Crippen LogP contribution in [0.2, 0.25) is 0 Å². The number of fused-ring (bicyclic) bond motifs is 7. The highest BCUT2D eigenvalue weighted by molar-refractivity contribution is 5.95. The second-order valence-electron chi connectivity index (χ2n) is 9.62. The van der Waals surface area contributed by atoms with Gasteiger partial charge in [-0.1, -0.05) is 30.3 Å². The molecule has 0 aromatic heterocycles. The molecular weight excluding hydrogens is 356 g/mol. The fourth-order valence-electron chi connectivity index (χ4n) is 6.89. The molecular formula is C26H30N2O. The first-order chi connectivity index (χ1) is 14.3. The lowest BCUT2D eigenvalue weighted by Crippen LogP contribution is -2.37. The zero-order valence-corrected chi connectivity index (χ0v) is 17.0. The number of carbonyl (C=O) groups is 1. The van der Waals surface area contributed by atoms with E-state index in [0.29, 0.717) is 17.9 Å². The zero-order chi connectivity index (χ0) is 19.4. The number of hydrogen-bond acceptors (Lipinski definition) is 2. The van der Waals surface area contributed by atoms with Crippen molar-refractivity contribution >= 4 is 11.6 Å². The molecule has 29 heavy (non-hydrogen) atoms. The maximum Gasteiger partial charge on any atom is 0.253 e. The van der Waals surface area contributed by atoms with Crippen molar-refractivity contribution in [1.29, 1.82) is 0 Å². The van der Waals surface area contributed by atoms with Gasteiger partial charge in [0.25, 0.3) is 5.91 Å². The number of nitrogens with one attached hydrogen (secondary N) is 1. The van der Waals surface area contributed by atoms with Crippen LogP contribution in [-0.4, -0.2) is 23.9 Å². The second kappa shape index (κ2) is 6.90. The van der Waals surface area contributed by atoms with Crippen molar-refractivity contribution in [2.75, 3.05) is 18.4 Å². The van der Waals surface area contributed by atoms with Crippen LogP contribution in [0, 0.1) is 17.8 Å². The van der Waals surface area contributed by atoms with Gasteiger partial charge < -0.3 is 10.2 Å². The Morgan fingerprint density at radius 3 is 2.55 bits per heavy atom. The lowest BCUT2D eigenvalue weighted by Gasteiger charge is -2.43. The summed E-state index contributed by atoms with van der Waals surface area (Å²) in [6.45, 7) is 1.84. The van der Waals surface area contributed by atoms with Crippen molar-refractivity contribution in [3.05, 3.63) is 65.2 Å². The number of rotatable bonds is 2. The molecule has 6 rings (SSSR count). The average molecular weight is 387 g/mol. The van der Waals surface area contributed by atoms with Crippen molar-refractivity contribution in [3.63, 3.8) is 0 Å². The van der Waals surface area contributed by atoms with Gasteiger partial charge in [0.15, 0.2) is 0 Å². The fourth-order valence-corrected chi connectivity index (χ4v) is 6.89. The Bertz CT molecular complexity index is 918. The van der Waals surface area contributed by atoms with Crippen LogP contribution in [0.3, 0.4) is 0 Å². The Morgan fingerprint density at radius 1 is 0.931 bits per heavy atom. The summed E-state index contributed by atoms with van der Waals surface area (Å²) in [5.74, 6) is 3.10. The van der Waals surface area contributed by atoms with Gasteiger partial charge in [-0.2, -0.15) is 0 Å². The molecule has 0 radical (unpaired) electrons. The van der Waals surface area contributed by atoms with Gasteiger partial charge in [0.05, 0.1) is 6.04 Å². The van der Waals surface area contributed by atoms with E-state index in [0.717, 1.165) is 43.3 Å². The lowest BCUT2D eigenvalue weighted by molar-refractivity contribution is 0.0724. The van der Waals surface area contributed by atoms with Gasteiger partial charge >= 0.3 is 0 Å². The third-order valence-corrected chi connectivity index (χ3v) is 8.14. The summed E-state index contributed by atoms with van der Waals surface area (Å²) in [6.07, 6.45) is 7.64. The van der Waals surface area contributed by atoms with E-state index < -0.39 is 0 Å². The van der Waals surface area contributed by atoms with Crippen molar-refractivity contribution in [1.82, 2.24) is 4.90 Å². The molecule has 0 unspecified atom stereocenters. The quantitative estimate of drug-likeness (QED) is 0.728. The van der Waals surface area contributed by atoms with Gasteiger partial charge in [0.2, 0.25) is 0 Å². The van der Waals surface area contributed by atoms with Gasteiger partial charge in [-0.3, -0.25) is 4.79 Å². The minimum atomic E-state index is 0.234. The summed E-state index contributed by atoms with van der Waals surface area (Å²) in [5, 5.41) is 3.89. The van der Waals surface area contributed by atoms with Crippen LogP contribution < -0.4 is 5.32 Å². The van der Waals surface area contributed by atoms with E-state index in [1.807, 2.05) is 0 Å².